The fourth-order valence-corrected chi connectivity index (χ4v) is 2.58. The summed E-state index contributed by atoms with van der Waals surface area (Å²) in [6.45, 7) is 4.36. The van der Waals surface area contributed by atoms with Crippen molar-refractivity contribution in [3.8, 4) is 0 Å². The predicted octanol–water partition coefficient (Wildman–Crippen LogP) is 2.30. The molecule has 0 aromatic carbocycles. The Hall–Kier alpha value is -1.32. The minimum atomic E-state index is -0.828. The number of hydrogen-bond donors (Lipinski definition) is 1. The number of aliphatic carboxylic acids is 1. The zero-order chi connectivity index (χ0) is 13.5. The van der Waals surface area contributed by atoms with Crippen LogP contribution >= 0.6 is 0 Å². The SMILES string of the molecule is C=CCCCCN(C)C(=O)C1CCC[C@H]1C(=O)O. The van der Waals surface area contributed by atoms with Crippen LogP contribution in [0.2, 0.25) is 0 Å². The molecule has 0 bridgehead atoms. The van der Waals surface area contributed by atoms with Crippen molar-refractivity contribution in [2.75, 3.05) is 13.6 Å². The number of hydrogen-bond acceptors (Lipinski definition) is 2. The second-order valence-corrected chi connectivity index (χ2v) is 5.03. The van der Waals surface area contributed by atoms with E-state index in [2.05, 4.69) is 6.58 Å². The van der Waals surface area contributed by atoms with Gasteiger partial charge in [-0.25, -0.2) is 0 Å². The van der Waals surface area contributed by atoms with Gasteiger partial charge in [0.05, 0.1) is 11.8 Å². The Morgan fingerprint density at radius 1 is 1.33 bits per heavy atom. The molecular weight excluding hydrogens is 230 g/mol. The molecule has 4 heteroatoms. The van der Waals surface area contributed by atoms with Crippen LogP contribution in [0.1, 0.15) is 38.5 Å². The average molecular weight is 253 g/mol. The van der Waals surface area contributed by atoms with Crippen molar-refractivity contribution in [1.29, 1.82) is 0 Å². The van der Waals surface area contributed by atoms with Gasteiger partial charge in [0.25, 0.3) is 0 Å². The summed E-state index contributed by atoms with van der Waals surface area (Å²) >= 11 is 0. The third kappa shape index (κ3) is 3.86. The Bertz CT molecular complexity index is 314. The lowest BCUT2D eigenvalue weighted by Crippen LogP contribution is -2.37. The molecule has 0 heterocycles. The zero-order valence-electron chi connectivity index (χ0n) is 11.1. The van der Waals surface area contributed by atoms with E-state index in [1.807, 2.05) is 6.08 Å². The van der Waals surface area contributed by atoms with Gasteiger partial charge in [0.15, 0.2) is 0 Å². The minimum absolute atomic E-state index is 0.00139. The van der Waals surface area contributed by atoms with Crippen molar-refractivity contribution in [1.82, 2.24) is 4.90 Å². The number of nitrogens with zero attached hydrogens (tertiary/aromatic N) is 1. The summed E-state index contributed by atoms with van der Waals surface area (Å²) in [6, 6.07) is 0. The molecule has 0 spiro atoms. The van der Waals surface area contributed by atoms with Crippen molar-refractivity contribution in [3.05, 3.63) is 12.7 Å². The number of carboxylic acid groups (broad SMARTS) is 1. The van der Waals surface area contributed by atoms with E-state index in [9.17, 15) is 9.59 Å². The van der Waals surface area contributed by atoms with Crippen molar-refractivity contribution >= 4 is 11.9 Å². The zero-order valence-corrected chi connectivity index (χ0v) is 11.1. The standard InChI is InChI=1S/C14H23NO3/c1-3-4-5-6-10-15(2)13(16)11-8-7-9-12(11)14(17)18/h3,11-12H,1,4-10H2,2H3,(H,17,18)/t11?,12-/m1/s1. The third-order valence-electron chi connectivity index (χ3n) is 3.68. The minimum Gasteiger partial charge on any atom is -0.481 e. The van der Waals surface area contributed by atoms with Gasteiger partial charge in [-0.05, 0) is 32.1 Å². The highest BCUT2D eigenvalue weighted by Gasteiger charge is 2.38. The second kappa shape index (κ2) is 7.19. The first-order valence-corrected chi connectivity index (χ1v) is 6.66. The Balaban J connectivity index is 2.42. The lowest BCUT2D eigenvalue weighted by Gasteiger charge is -2.23. The molecule has 0 aliphatic heterocycles. The topological polar surface area (TPSA) is 57.6 Å². The van der Waals surface area contributed by atoms with Gasteiger partial charge >= 0.3 is 5.97 Å². The van der Waals surface area contributed by atoms with Crippen LogP contribution in [0.15, 0.2) is 12.7 Å². The van der Waals surface area contributed by atoms with Crippen LogP contribution in [0.4, 0.5) is 0 Å². The van der Waals surface area contributed by atoms with Crippen LogP contribution in [0.25, 0.3) is 0 Å². The number of carbonyl (C=O) groups excluding carboxylic acids is 1. The number of unbranched alkanes of at least 4 members (excludes halogenated alkanes) is 2. The van der Waals surface area contributed by atoms with Crippen LogP contribution in [0, 0.1) is 11.8 Å². The molecule has 4 nitrogen and oxygen atoms in total. The number of rotatable bonds is 7. The third-order valence-corrected chi connectivity index (χ3v) is 3.68. The Kier molecular flexibility index (Phi) is 5.89. The van der Waals surface area contributed by atoms with E-state index in [0.717, 1.165) is 25.7 Å². The van der Waals surface area contributed by atoms with Gasteiger partial charge in [0.2, 0.25) is 5.91 Å². The van der Waals surface area contributed by atoms with Gasteiger partial charge in [-0.2, -0.15) is 0 Å². The molecular formula is C14H23NO3. The summed E-state index contributed by atoms with van der Waals surface area (Å²) in [4.78, 5) is 24.9. The van der Waals surface area contributed by atoms with E-state index >= 15 is 0 Å². The van der Waals surface area contributed by atoms with Gasteiger partial charge in [0.1, 0.15) is 0 Å². The first-order valence-electron chi connectivity index (χ1n) is 6.66. The highest BCUT2D eigenvalue weighted by molar-refractivity contribution is 5.85. The molecule has 0 aromatic heterocycles. The summed E-state index contributed by atoms with van der Waals surface area (Å²) in [6.07, 6.45) is 7.00. The first-order chi connectivity index (χ1) is 8.57. The van der Waals surface area contributed by atoms with Gasteiger partial charge in [0, 0.05) is 13.6 Å². The molecule has 1 aliphatic rings. The van der Waals surface area contributed by atoms with Crippen LogP contribution in [-0.2, 0) is 9.59 Å². The van der Waals surface area contributed by atoms with Crippen molar-refractivity contribution in [2.24, 2.45) is 11.8 Å². The molecule has 1 unspecified atom stereocenters. The summed E-state index contributed by atoms with van der Waals surface area (Å²) < 4.78 is 0. The van der Waals surface area contributed by atoms with E-state index < -0.39 is 11.9 Å². The van der Waals surface area contributed by atoms with Crippen LogP contribution in [0.3, 0.4) is 0 Å². The Morgan fingerprint density at radius 3 is 2.61 bits per heavy atom. The fraction of sp³-hybridized carbons (Fsp3) is 0.714. The number of amides is 1. The van der Waals surface area contributed by atoms with Crippen molar-refractivity contribution < 1.29 is 14.7 Å². The normalized spacial score (nSPS) is 22.7. The summed E-state index contributed by atoms with van der Waals surface area (Å²) in [7, 11) is 1.77. The van der Waals surface area contributed by atoms with Gasteiger partial charge in [-0.1, -0.05) is 12.5 Å². The molecule has 1 aliphatic carbocycles. The average Bonchev–Trinajstić information content (AvgIpc) is 2.82. The first kappa shape index (κ1) is 14.7. The Labute approximate surface area is 109 Å². The lowest BCUT2D eigenvalue weighted by molar-refractivity contribution is -0.148. The van der Waals surface area contributed by atoms with E-state index in [0.29, 0.717) is 19.4 Å². The van der Waals surface area contributed by atoms with E-state index in [1.165, 1.54) is 0 Å². The molecule has 2 atom stereocenters. The number of allylic oxidation sites excluding steroid dienone is 1. The number of carbonyl (C=O) groups is 2. The molecule has 0 saturated heterocycles. The maximum atomic E-state index is 12.2. The van der Waals surface area contributed by atoms with Crippen LogP contribution in [-0.4, -0.2) is 35.5 Å². The van der Waals surface area contributed by atoms with E-state index in [1.54, 1.807) is 11.9 Å². The van der Waals surface area contributed by atoms with E-state index in [4.69, 9.17) is 5.11 Å². The Morgan fingerprint density at radius 2 is 2.00 bits per heavy atom. The summed E-state index contributed by atoms with van der Waals surface area (Å²) in [5.41, 5.74) is 0. The van der Waals surface area contributed by atoms with Crippen LogP contribution < -0.4 is 0 Å². The molecule has 1 amide bonds. The molecule has 18 heavy (non-hydrogen) atoms. The molecule has 102 valence electrons. The fourth-order valence-electron chi connectivity index (χ4n) is 2.58. The van der Waals surface area contributed by atoms with Crippen molar-refractivity contribution in [3.63, 3.8) is 0 Å². The highest BCUT2D eigenvalue weighted by Crippen LogP contribution is 2.33. The highest BCUT2D eigenvalue weighted by atomic mass is 16.4. The van der Waals surface area contributed by atoms with Gasteiger partial charge < -0.3 is 10.0 Å². The monoisotopic (exact) mass is 253 g/mol. The smallest absolute Gasteiger partial charge is 0.307 e. The van der Waals surface area contributed by atoms with Gasteiger partial charge in [-0.15, -0.1) is 6.58 Å². The predicted molar refractivity (Wildman–Crippen MR) is 70.2 cm³/mol. The lowest BCUT2D eigenvalue weighted by atomic mass is 9.95. The maximum Gasteiger partial charge on any atom is 0.307 e. The van der Waals surface area contributed by atoms with Gasteiger partial charge in [-0.3, -0.25) is 9.59 Å². The summed E-state index contributed by atoms with van der Waals surface area (Å²) in [5.74, 6) is -1.62. The molecule has 1 saturated carbocycles. The molecule has 1 rings (SSSR count). The quantitative estimate of drug-likeness (QED) is 0.559. The van der Waals surface area contributed by atoms with Crippen molar-refractivity contribution in [2.45, 2.75) is 38.5 Å². The molecule has 1 N–H and O–H groups in total. The maximum absolute atomic E-state index is 12.2. The second-order valence-electron chi connectivity index (χ2n) is 5.03. The molecule has 0 aromatic rings. The van der Waals surface area contributed by atoms with Crippen LogP contribution in [0.5, 0.6) is 0 Å². The number of carboxylic acids is 1. The summed E-state index contributed by atoms with van der Waals surface area (Å²) in [5, 5.41) is 9.08. The molecule has 0 radical (unpaired) electrons. The van der Waals surface area contributed by atoms with E-state index in [-0.39, 0.29) is 11.8 Å². The molecule has 1 fully saturated rings. The largest absolute Gasteiger partial charge is 0.481 e.